The Kier molecular flexibility index (Phi) is 6.47. The maximum absolute atomic E-state index is 13.0. The van der Waals surface area contributed by atoms with Gasteiger partial charge in [-0.15, -0.1) is 0 Å². The van der Waals surface area contributed by atoms with Crippen LogP contribution in [0, 0.1) is 0 Å². The van der Waals surface area contributed by atoms with Gasteiger partial charge < -0.3 is 15.2 Å². The van der Waals surface area contributed by atoms with E-state index in [1.807, 2.05) is 30.5 Å². The van der Waals surface area contributed by atoms with Crippen LogP contribution < -0.4 is 5.32 Å². The maximum Gasteiger partial charge on any atom is 0.416 e. The molecule has 5 rings (SSSR count). The zero-order chi connectivity index (χ0) is 24.4. The minimum absolute atomic E-state index is 0.0877. The number of para-hydroxylation sites is 1. The molecule has 0 unspecified atom stereocenters. The molecule has 0 bridgehead atoms. The summed E-state index contributed by atoms with van der Waals surface area (Å²) in [5, 5.41) is 4.75. The fraction of sp³-hybridized carbons (Fsp3) is 0.333. The van der Waals surface area contributed by atoms with E-state index in [1.54, 1.807) is 18.3 Å². The first-order chi connectivity index (χ1) is 16.9. The lowest BCUT2D eigenvalue weighted by Crippen LogP contribution is -2.35. The number of hydrogen-bond acceptors (Lipinski definition) is 3. The third-order valence-electron chi connectivity index (χ3n) is 6.90. The number of alkyl halides is 3. The molecule has 1 fully saturated rings. The van der Waals surface area contributed by atoms with E-state index in [9.17, 15) is 18.0 Å². The van der Waals surface area contributed by atoms with Gasteiger partial charge in [0.15, 0.2) is 0 Å². The van der Waals surface area contributed by atoms with E-state index in [0.717, 1.165) is 66.8 Å². The van der Waals surface area contributed by atoms with E-state index in [4.69, 9.17) is 0 Å². The van der Waals surface area contributed by atoms with Gasteiger partial charge in [0.1, 0.15) is 0 Å². The van der Waals surface area contributed by atoms with Crippen LogP contribution in [0.15, 0.2) is 60.9 Å². The van der Waals surface area contributed by atoms with Gasteiger partial charge in [-0.05, 0) is 74.6 Å². The lowest BCUT2D eigenvalue weighted by atomic mass is 9.89. The molecule has 2 aromatic heterocycles. The van der Waals surface area contributed by atoms with Crippen LogP contribution in [-0.2, 0) is 6.18 Å². The number of pyridine rings is 1. The first kappa shape index (κ1) is 23.4. The highest BCUT2D eigenvalue weighted by molar-refractivity contribution is 6.05. The van der Waals surface area contributed by atoms with Crippen molar-refractivity contribution in [3.05, 3.63) is 77.6 Å². The van der Waals surface area contributed by atoms with Crippen LogP contribution in [0.3, 0.4) is 0 Å². The van der Waals surface area contributed by atoms with Gasteiger partial charge in [0.2, 0.25) is 0 Å². The topological polar surface area (TPSA) is 61.0 Å². The third-order valence-corrected chi connectivity index (χ3v) is 6.90. The normalized spacial score (nSPS) is 15.6. The van der Waals surface area contributed by atoms with Crippen LogP contribution in [0.4, 0.5) is 13.2 Å². The van der Waals surface area contributed by atoms with Crippen molar-refractivity contribution in [3.8, 4) is 0 Å². The molecule has 0 spiro atoms. The van der Waals surface area contributed by atoms with Crippen LogP contribution >= 0.6 is 0 Å². The molecule has 1 saturated heterocycles. The number of benzene rings is 2. The van der Waals surface area contributed by atoms with Crippen molar-refractivity contribution in [2.75, 3.05) is 26.2 Å². The number of nitrogens with zero attached hydrogens (tertiary/aromatic N) is 2. The van der Waals surface area contributed by atoms with Gasteiger partial charge in [-0.3, -0.25) is 9.78 Å². The minimum atomic E-state index is -4.34. The Bertz CT molecular complexity index is 1330. The molecule has 1 aliphatic heterocycles. The number of nitrogens with one attached hydrogen (secondary N) is 2. The molecule has 2 aromatic carbocycles. The largest absolute Gasteiger partial charge is 0.416 e. The molecule has 1 aliphatic rings. The summed E-state index contributed by atoms with van der Waals surface area (Å²) in [5.74, 6) is 0.242. The Hall–Kier alpha value is -3.39. The maximum atomic E-state index is 13.0. The fourth-order valence-corrected chi connectivity index (χ4v) is 5.02. The molecule has 1 amide bonds. The highest BCUT2D eigenvalue weighted by atomic mass is 19.4. The van der Waals surface area contributed by atoms with E-state index in [0.29, 0.717) is 23.5 Å². The van der Waals surface area contributed by atoms with Crippen molar-refractivity contribution in [2.45, 2.75) is 31.4 Å². The van der Waals surface area contributed by atoms with Gasteiger partial charge in [-0.1, -0.05) is 24.3 Å². The van der Waals surface area contributed by atoms with E-state index in [-0.39, 0.29) is 5.91 Å². The zero-order valence-electron chi connectivity index (χ0n) is 19.2. The summed E-state index contributed by atoms with van der Waals surface area (Å²) < 4.78 is 39.0. The Morgan fingerprint density at radius 2 is 1.89 bits per heavy atom. The molecule has 2 N–H and O–H groups in total. The summed E-state index contributed by atoms with van der Waals surface area (Å²) in [4.78, 5) is 22.4. The predicted molar refractivity (Wildman–Crippen MR) is 130 cm³/mol. The number of amides is 1. The van der Waals surface area contributed by atoms with Crippen LogP contribution in [0.1, 0.15) is 46.7 Å². The molecule has 3 heterocycles. The van der Waals surface area contributed by atoms with E-state index >= 15 is 0 Å². The van der Waals surface area contributed by atoms with E-state index in [1.165, 1.54) is 6.07 Å². The first-order valence-electron chi connectivity index (χ1n) is 11.9. The highest BCUT2D eigenvalue weighted by Gasteiger charge is 2.31. The van der Waals surface area contributed by atoms with E-state index in [2.05, 4.69) is 20.2 Å². The second-order valence-corrected chi connectivity index (χ2v) is 9.10. The fourth-order valence-electron chi connectivity index (χ4n) is 5.02. The molecular formula is C27H27F3N4O. The summed E-state index contributed by atoms with van der Waals surface area (Å²) in [6.45, 7) is 3.36. The number of H-pyrrole nitrogens is 1. The van der Waals surface area contributed by atoms with Crippen LogP contribution in [0.2, 0.25) is 0 Å². The molecule has 0 atom stereocenters. The Balaban J connectivity index is 1.10. The second-order valence-electron chi connectivity index (χ2n) is 9.10. The first-order valence-corrected chi connectivity index (χ1v) is 11.9. The average Bonchev–Trinajstić information content (AvgIpc) is 3.29. The third kappa shape index (κ3) is 5.03. The number of aromatic nitrogens is 2. The molecule has 35 heavy (non-hydrogen) atoms. The summed E-state index contributed by atoms with van der Waals surface area (Å²) in [7, 11) is 0. The number of halogens is 3. The zero-order valence-corrected chi connectivity index (χ0v) is 19.2. The van der Waals surface area contributed by atoms with Gasteiger partial charge in [0.05, 0.1) is 16.6 Å². The van der Waals surface area contributed by atoms with E-state index < -0.39 is 11.7 Å². The number of piperidine rings is 1. The van der Waals surface area contributed by atoms with Crippen LogP contribution in [0.25, 0.3) is 21.8 Å². The number of carbonyl (C=O) groups is 1. The average molecular weight is 481 g/mol. The van der Waals surface area contributed by atoms with Crippen molar-refractivity contribution in [2.24, 2.45) is 0 Å². The smallest absolute Gasteiger partial charge is 0.361 e. The molecule has 0 aliphatic carbocycles. The molecule has 5 nitrogen and oxygen atoms in total. The number of carbonyl (C=O) groups excluding carboxylic acids is 1. The molecule has 0 radical (unpaired) electrons. The summed E-state index contributed by atoms with van der Waals surface area (Å²) >= 11 is 0. The van der Waals surface area contributed by atoms with Gasteiger partial charge >= 0.3 is 6.18 Å². The lowest BCUT2D eigenvalue weighted by molar-refractivity contribution is -0.137. The number of aromatic amines is 1. The van der Waals surface area contributed by atoms with Crippen molar-refractivity contribution in [1.29, 1.82) is 0 Å². The highest BCUT2D eigenvalue weighted by Crippen LogP contribution is 2.36. The molecular weight excluding hydrogens is 453 g/mol. The Morgan fingerprint density at radius 1 is 1.09 bits per heavy atom. The monoisotopic (exact) mass is 480 g/mol. The summed E-state index contributed by atoms with van der Waals surface area (Å²) in [5.41, 5.74) is 2.45. The number of fused-ring (bicyclic) bond motifs is 2. The second kappa shape index (κ2) is 9.70. The Morgan fingerprint density at radius 3 is 2.69 bits per heavy atom. The van der Waals surface area contributed by atoms with Gasteiger partial charge in [0, 0.05) is 35.2 Å². The summed E-state index contributed by atoms with van der Waals surface area (Å²) in [6.07, 6.45) is 1.96. The quantitative estimate of drug-likeness (QED) is 0.346. The predicted octanol–water partition coefficient (Wildman–Crippen LogP) is 5.73. The summed E-state index contributed by atoms with van der Waals surface area (Å²) in [6, 6.07) is 13.3. The molecule has 8 heteroatoms. The number of likely N-dealkylation sites (tertiary alicyclic amines) is 1. The number of rotatable bonds is 6. The van der Waals surface area contributed by atoms with Gasteiger partial charge in [-0.25, -0.2) is 0 Å². The van der Waals surface area contributed by atoms with Gasteiger partial charge in [0.25, 0.3) is 5.91 Å². The standard InChI is InChI=1S/C27H27F3N4O/c28-27(29,30)19-6-7-21-23(17-33-25(21)16-19)18-9-14-34(15-10-18)13-3-11-32-26(35)22-8-12-31-24-5-2-1-4-20(22)24/h1-2,4-8,12,16-18,33H,3,9-11,13-15H2,(H,32,35). The number of hydrogen-bond donors (Lipinski definition) is 2. The van der Waals surface area contributed by atoms with Crippen molar-refractivity contribution >= 4 is 27.7 Å². The minimum Gasteiger partial charge on any atom is -0.361 e. The molecule has 182 valence electrons. The molecule has 0 saturated carbocycles. The van der Waals surface area contributed by atoms with Crippen molar-refractivity contribution in [1.82, 2.24) is 20.2 Å². The lowest BCUT2D eigenvalue weighted by Gasteiger charge is -2.32. The van der Waals surface area contributed by atoms with Crippen molar-refractivity contribution in [3.63, 3.8) is 0 Å². The van der Waals surface area contributed by atoms with Crippen molar-refractivity contribution < 1.29 is 18.0 Å². The van der Waals surface area contributed by atoms with Crippen LogP contribution in [0.5, 0.6) is 0 Å². The molecule has 4 aromatic rings. The van der Waals surface area contributed by atoms with Gasteiger partial charge in [-0.2, -0.15) is 13.2 Å². The Labute approximate surface area is 201 Å². The van der Waals surface area contributed by atoms with Crippen LogP contribution in [-0.4, -0.2) is 47.0 Å². The SMILES string of the molecule is O=C(NCCCN1CCC(c2c[nH]c3cc(C(F)(F)F)ccc23)CC1)c1ccnc2ccccc12.